The van der Waals surface area contributed by atoms with E-state index in [1.165, 1.54) is 4.90 Å². The van der Waals surface area contributed by atoms with Gasteiger partial charge in [0.2, 0.25) is 12.4 Å². The van der Waals surface area contributed by atoms with Crippen molar-refractivity contribution in [2.45, 2.75) is 35.5 Å². The summed E-state index contributed by atoms with van der Waals surface area (Å²) in [6.07, 6.45) is 2.80. The highest BCUT2D eigenvalue weighted by Crippen LogP contribution is 2.47. The summed E-state index contributed by atoms with van der Waals surface area (Å²) in [4.78, 5) is 1.21. The van der Waals surface area contributed by atoms with E-state index in [4.69, 9.17) is 9.47 Å². The van der Waals surface area contributed by atoms with Gasteiger partial charge in [0.15, 0.2) is 0 Å². The smallest absolute Gasteiger partial charge is 0.231 e. The third kappa shape index (κ3) is 4.78. The maximum atomic E-state index is 7.37. The molecule has 2 nitrogen and oxygen atoms in total. The minimum absolute atomic E-state index is 0.696. The van der Waals surface area contributed by atoms with Crippen molar-refractivity contribution in [2.24, 2.45) is 0 Å². The highest BCUT2D eigenvalue weighted by atomic mass is 32.2. The van der Waals surface area contributed by atoms with Crippen molar-refractivity contribution >= 4 is 11.8 Å². The van der Waals surface area contributed by atoms with E-state index in [-0.39, 0.29) is 0 Å². The van der Waals surface area contributed by atoms with Gasteiger partial charge in [-0.25, -0.2) is 0 Å². The van der Waals surface area contributed by atoms with Gasteiger partial charge in [-0.3, -0.25) is 0 Å². The summed E-state index contributed by atoms with van der Waals surface area (Å²) in [5, 5.41) is 0. The molecule has 1 unspecified atom stereocenters. The van der Waals surface area contributed by atoms with Crippen LogP contribution in [0.5, 0.6) is 0 Å². The van der Waals surface area contributed by atoms with Gasteiger partial charge in [-0.05, 0) is 35.2 Å². The Balaban J connectivity index is 1.64. The molecule has 0 aliphatic carbocycles. The Bertz CT molecular complexity index is 1040. The lowest BCUT2D eigenvalue weighted by Crippen LogP contribution is -2.49. The predicted octanol–water partition coefficient (Wildman–Crippen LogP) is 7.85. The molecule has 1 aliphatic rings. The van der Waals surface area contributed by atoms with Crippen LogP contribution in [0, 0.1) is 6.61 Å². The second-order valence-corrected chi connectivity index (χ2v) is 9.62. The van der Waals surface area contributed by atoms with Crippen LogP contribution < -0.4 is 0 Å². The first-order chi connectivity index (χ1) is 16.8. The molecule has 1 heterocycles. The van der Waals surface area contributed by atoms with Crippen LogP contribution in [0.4, 0.5) is 0 Å². The fourth-order valence-electron chi connectivity index (χ4n) is 4.62. The van der Waals surface area contributed by atoms with Crippen molar-refractivity contribution in [3.05, 3.63) is 145 Å². The topological polar surface area (TPSA) is 18.5 Å². The van der Waals surface area contributed by atoms with Crippen molar-refractivity contribution < 1.29 is 9.47 Å². The first kappa shape index (κ1) is 22.8. The standard InChI is InChI=1S/C31H29O2S/c1-5-15-26(16-6-1)31(27-17-7-2-8-18-27,28-19-9-3-10-20-28)33-30(23-13-14-24-32-30)25-34-29-21-11-4-12-22-29/h1-12,15-22,24H,13-14,23,25H2/q+1. The van der Waals surface area contributed by atoms with Crippen LogP contribution in [0.3, 0.4) is 0 Å². The number of ether oxygens (including phenoxy) is 2. The fourth-order valence-corrected chi connectivity index (χ4v) is 5.63. The molecule has 3 heteroatoms. The highest BCUT2D eigenvalue weighted by molar-refractivity contribution is 7.99. The molecular weight excluding hydrogens is 436 g/mol. The van der Waals surface area contributed by atoms with Gasteiger partial charge in [0.25, 0.3) is 0 Å². The van der Waals surface area contributed by atoms with E-state index < -0.39 is 11.4 Å². The van der Waals surface area contributed by atoms with E-state index in [2.05, 4.69) is 115 Å². The lowest BCUT2D eigenvalue weighted by atomic mass is 9.79. The van der Waals surface area contributed by atoms with Crippen LogP contribution in [-0.4, -0.2) is 11.5 Å². The van der Waals surface area contributed by atoms with Gasteiger partial charge in [-0.1, -0.05) is 109 Å². The highest BCUT2D eigenvalue weighted by Gasteiger charge is 2.50. The van der Waals surface area contributed by atoms with Gasteiger partial charge in [-0.2, -0.15) is 4.74 Å². The van der Waals surface area contributed by atoms with E-state index in [0.717, 1.165) is 36.0 Å². The van der Waals surface area contributed by atoms with Gasteiger partial charge in [0.05, 0.1) is 5.75 Å². The quantitative estimate of drug-likeness (QED) is 0.150. The van der Waals surface area contributed by atoms with Gasteiger partial charge in [0.1, 0.15) is 12.0 Å². The second kappa shape index (κ2) is 10.5. The predicted molar refractivity (Wildman–Crippen MR) is 139 cm³/mol. The molecule has 0 spiro atoms. The summed E-state index contributed by atoms with van der Waals surface area (Å²) < 4.78 is 13.8. The summed E-state index contributed by atoms with van der Waals surface area (Å²) in [5.41, 5.74) is 2.45. The molecule has 0 N–H and O–H groups in total. The summed E-state index contributed by atoms with van der Waals surface area (Å²) in [5.74, 6) is -0.0674. The van der Waals surface area contributed by atoms with Crippen molar-refractivity contribution in [1.82, 2.24) is 0 Å². The average molecular weight is 466 g/mol. The zero-order valence-corrected chi connectivity index (χ0v) is 20.0. The normalized spacial score (nSPS) is 18.2. The minimum atomic E-state index is -0.813. The Morgan fingerprint density at radius 3 is 1.62 bits per heavy atom. The summed E-state index contributed by atoms with van der Waals surface area (Å²) in [6.45, 7) is 1.93. The Morgan fingerprint density at radius 1 is 0.706 bits per heavy atom. The Morgan fingerprint density at radius 2 is 1.18 bits per heavy atom. The first-order valence-corrected chi connectivity index (χ1v) is 12.8. The zero-order chi connectivity index (χ0) is 23.1. The van der Waals surface area contributed by atoms with E-state index >= 15 is 0 Å². The molecule has 1 aliphatic heterocycles. The number of hydrogen-bond donors (Lipinski definition) is 0. The Kier molecular flexibility index (Phi) is 7.05. The minimum Gasteiger partial charge on any atom is -0.324 e. The lowest BCUT2D eigenvalue weighted by molar-refractivity contribution is -0.260. The molecule has 1 fully saturated rings. The van der Waals surface area contributed by atoms with Gasteiger partial charge in [-0.15, -0.1) is 11.8 Å². The van der Waals surface area contributed by atoms with E-state index in [1.54, 1.807) is 11.8 Å². The molecular formula is C31H29O2S+. The van der Waals surface area contributed by atoms with Crippen LogP contribution in [0.1, 0.15) is 36.0 Å². The molecule has 0 bridgehead atoms. The number of hydrogen-bond acceptors (Lipinski definition) is 3. The summed E-state index contributed by atoms with van der Waals surface area (Å²) in [6, 6.07) is 42.1. The molecule has 4 aromatic rings. The van der Waals surface area contributed by atoms with Crippen molar-refractivity contribution in [3.63, 3.8) is 0 Å². The van der Waals surface area contributed by atoms with Gasteiger partial charge < -0.3 is 4.74 Å². The molecule has 0 radical (unpaired) electrons. The van der Waals surface area contributed by atoms with Gasteiger partial charge in [0, 0.05) is 11.3 Å². The number of benzene rings is 4. The average Bonchev–Trinajstić information content (AvgIpc) is 2.93. The van der Waals surface area contributed by atoms with Gasteiger partial charge >= 0.3 is 0 Å². The first-order valence-electron chi connectivity index (χ1n) is 11.8. The molecule has 34 heavy (non-hydrogen) atoms. The van der Waals surface area contributed by atoms with Crippen LogP contribution in [0.15, 0.2) is 126 Å². The third-order valence-electron chi connectivity index (χ3n) is 6.26. The molecule has 170 valence electrons. The second-order valence-electron chi connectivity index (χ2n) is 8.57. The molecule has 1 saturated heterocycles. The van der Waals surface area contributed by atoms with Crippen LogP contribution >= 0.6 is 11.8 Å². The molecule has 1 atom stereocenters. The molecule has 0 saturated carbocycles. The Labute approximate surface area is 207 Å². The van der Waals surface area contributed by atoms with Crippen molar-refractivity contribution in [3.8, 4) is 0 Å². The van der Waals surface area contributed by atoms with Crippen molar-refractivity contribution in [1.29, 1.82) is 0 Å². The van der Waals surface area contributed by atoms with Crippen LogP contribution in [0.25, 0.3) is 0 Å². The zero-order valence-electron chi connectivity index (χ0n) is 19.2. The van der Waals surface area contributed by atoms with E-state index in [9.17, 15) is 0 Å². The van der Waals surface area contributed by atoms with E-state index in [1.807, 2.05) is 12.7 Å². The summed E-state index contributed by atoms with van der Waals surface area (Å²) in [7, 11) is 0. The monoisotopic (exact) mass is 465 g/mol. The molecule has 4 aromatic carbocycles. The fraction of sp³-hybridized carbons (Fsp3) is 0.194. The number of thioether (sulfide) groups is 1. The van der Waals surface area contributed by atoms with E-state index in [0.29, 0.717) is 5.75 Å². The maximum Gasteiger partial charge on any atom is 0.231 e. The largest absolute Gasteiger partial charge is 0.324 e. The molecule has 0 aromatic heterocycles. The summed E-state index contributed by atoms with van der Waals surface area (Å²) >= 11 is 1.78. The Hall–Kier alpha value is -2.98. The van der Waals surface area contributed by atoms with Crippen LogP contribution in [-0.2, 0) is 15.1 Å². The van der Waals surface area contributed by atoms with Crippen LogP contribution in [0.2, 0.25) is 0 Å². The molecule has 0 amide bonds. The lowest BCUT2D eigenvalue weighted by Gasteiger charge is -2.43. The SMILES string of the molecule is c1ccc(SCC2(OC(c3ccccc3)(c3ccccc3)c3ccccc3)CCC[CH+]O2)cc1. The molecule has 5 rings (SSSR count). The maximum absolute atomic E-state index is 7.37. The van der Waals surface area contributed by atoms with Crippen molar-refractivity contribution in [2.75, 3.05) is 5.75 Å². The third-order valence-corrected chi connectivity index (χ3v) is 7.45. The number of rotatable bonds is 8.